The van der Waals surface area contributed by atoms with Gasteiger partial charge in [-0.25, -0.2) is 14.3 Å². The first kappa shape index (κ1) is 18.6. The molecular weight excluding hydrogens is 366 g/mol. The fraction of sp³-hybridized carbons (Fsp3) is 0.130. The van der Waals surface area contributed by atoms with Crippen molar-refractivity contribution >= 4 is 17.3 Å². The van der Waals surface area contributed by atoms with E-state index in [-0.39, 0.29) is 11.5 Å². The maximum Gasteiger partial charge on any atom is 0.356 e. The van der Waals surface area contributed by atoms with E-state index >= 15 is 0 Å². The number of Topliss-reactive ketones (excluding diaryl/α,β-unsaturated/α-hetero) is 1. The molecule has 6 nitrogen and oxygen atoms in total. The second-order valence-electron chi connectivity index (χ2n) is 6.68. The number of hydrogen-bond donors (Lipinski definition) is 0. The van der Waals surface area contributed by atoms with Crippen LogP contribution in [0, 0.1) is 0 Å². The van der Waals surface area contributed by atoms with Gasteiger partial charge < -0.3 is 4.74 Å². The molecule has 0 saturated heterocycles. The Morgan fingerprint density at radius 2 is 1.79 bits per heavy atom. The van der Waals surface area contributed by atoms with E-state index in [2.05, 4.69) is 4.98 Å². The number of fused-ring (bicyclic) bond motifs is 1. The monoisotopic (exact) mass is 385 g/mol. The number of esters is 1. The van der Waals surface area contributed by atoms with E-state index in [1.165, 1.54) is 14.0 Å². The van der Waals surface area contributed by atoms with Gasteiger partial charge in [0.25, 0.3) is 0 Å². The molecule has 0 fully saturated rings. The van der Waals surface area contributed by atoms with Gasteiger partial charge >= 0.3 is 5.97 Å². The third-order valence-corrected chi connectivity index (χ3v) is 4.74. The summed E-state index contributed by atoms with van der Waals surface area (Å²) in [7, 11) is 1.34. The van der Waals surface area contributed by atoms with E-state index in [9.17, 15) is 9.59 Å². The zero-order valence-corrected chi connectivity index (χ0v) is 16.1. The summed E-state index contributed by atoms with van der Waals surface area (Å²) in [4.78, 5) is 28.1. The van der Waals surface area contributed by atoms with Crippen LogP contribution in [-0.4, -0.2) is 33.5 Å². The van der Waals surface area contributed by atoms with Crippen LogP contribution in [0.4, 0.5) is 0 Å². The molecule has 4 aromatic rings. The van der Waals surface area contributed by atoms with Gasteiger partial charge in [0.05, 0.1) is 18.3 Å². The smallest absolute Gasteiger partial charge is 0.356 e. The van der Waals surface area contributed by atoms with Gasteiger partial charge in [0.1, 0.15) is 5.69 Å². The standard InChI is InChI=1S/C23H19N3O3/c1-15(27)17-11-12-21-19(13-18-9-6-10-20(24-18)23(28)29-2)22(25-26(21)14-17)16-7-4-3-5-8-16/h3-12,14H,13H2,1-2H3. The van der Waals surface area contributed by atoms with Crippen LogP contribution in [0.3, 0.4) is 0 Å². The van der Waals surface area contributed by atoms with E-state index in [1.807, 2.05) is 42.5 Å². The predicted molar refractivity (Wildman–Crippen MR) is 109 cm³/mol. The van der Waals surface area contributed by atoms with Crippen molar-refractivity contribution in [3.63, 3.8) is 0 Å². The van der Waals surface area contributed by atoms with Crippen LogP contribution in [0.15, 0.2) is 66.9 Å². The molecule has 0 radical (unpaired) electrons. The highest BCUT2D eigenvalue weighted by molar-refractivity contribution is 5.94. The molecule has 3 heterocycles. The Morgan fingerprint density at radius 1 is 1.00 bits per heavy atom. The lowest BCUT2D eigenvalue weighted by molar-refractivity contribution is 0.0593. The van der Waals surface area contributed by atoms with Gasteiger partial charge in [0, 0.05) is 35.0 Å². The minimum absolute atomic E-state index is 0.0161. The van der Waals surface area contributed by atoms with Crippen LogP contribution in [0.2, 0.25) is 0 Å². The lowest BCUT2D eigenvalue weighted by Crippen LogP contribution is -2.06. The van der Waals surface area contributed by atoms with Crippen LogP contribution in [0.5, 0.6) is 0 Å². The predicted octanol–water partition coefficient (Wildman–Crippen LogP) is 3.98. The molecule has 0 bridgehead atoms. The van der Waals surface area contributed by atoms with Crippen molar-refractivity contribution in [3.05, 3.63) is 89.4 Å². The second-order valence-corrected chi connectivity index (χ2v) is 6.68. The molecule has 1 aromatic carbocycles. The number of rotatable bonds is 5. The average Bonchev–Trinajstić information content (AvgIpc) is 3.11. The van der Waals surface area contributed by atoms with Crippen molar-refractivity contribution in [2.24, 2.45) is 0 Å². The number of methoxy groups -OCH3 is 1. The van der Waals surface area contributed by atoms with Gasteiger partial charge in [-0.15, -0.1) is 0 Å². The molecule has 144 valence electrons. The Kier molecular flexibility index (Phi) is 4.91. The van der Waals surface area contributed by atoms with Gasteiger partial charge in [0.15, 0.2) is 5.78 Å². The molecule has 0 N–H and O–H groups in total. The lowest BCUT2D eigenvalue weighted by Gasteiger charge is -2.05. The molecule has 29 heavy (non-hydrogen) atoms. The highest BCUT2D eigenvalue weighted by atomic mass is 16.5. The van der Waals surface area contributed by atoms with Crippen LogP contribution < -0.4 is 0 Å². The summed E-state index contributed by atoms with van der Waals surface area (Å²) in [6, 6.07) is 18.8. The van der Waals surface area contributed by atoms with Gasteiger partial charge in [-0.1, -0.05) is 36.4 Å². The van der Waals surface area contributed by atoms with Gasteiger partial charge in [-0.05, 0) is 31.2 Å². The van der Waals surface area contributed by atoms with Crippen LogP contribution in [-0.2, 0) is 11.2 Å². The Bertz CT molecular complexity index is 1210. The lowest BCUT2D eigenvalue weighted by atomic mass is 10.0. The van der Waals surface area contributed by atoms with Crippen molar-refractivity contribution < 1.29 is 14.3 Å². The SMILES string of the molecule is COC(=O)c1cccc(Cc2c(-c3ccccc3)nn3cc(C(C)=O)ccc23)n1. The van der Waals surface area contributed by atoms with E-state index in [4.69, 9.17) is 9.84 Å². The molecular formula is C23H19N3O3. The number of ketones is 1. The van der Waals surface area contributed by atoms with Crippen LogP contribution >= 0.6 is 0 Å². The Labute approximate surface area is 167 Å². The largest absolute Gasteiger partial charge is 0.464 e. The Morgan fingerprint density at radius 3 is 2.52 bits per heavy atom. The number of nitrogens with zero attached hydrogens (tertiary/aromatic N) is 3. The molecule has 4 rings (SSSR count). The normalized spacial score (nSPS) is 10.8. The number of benzene rings is 1. The molecule has 0 aliphatic heterocycles. The Hall–Kier alpha value is -3.80. The van der Waals surface area contributed by atoms with Crippen LogP contribution in [0.1, 0.15) is 39.0 Å². The number of hydrogen-bond acceptors (Lipinski definition) is 5. The maximum absolute atomic E-state index is 11.8. The van der Waals surface area contributed by atoms with Gasteiger partial charge in [-0.3, -0.25) is 4.79 Å². The van der Waals surface area contributed by atoms with Crippen molar-refractivity contribution in [1.82, 2.24) is 14.6 Å². The fourth-order valence-electron chi connectivity index (χ4n) is 3.29. The molecule has 3 aromatic heterocycles. The second kappa shape index (κ2) is 7.67. The third kappa shape index (κ3) is 3.65. The highest BCUT2D eigenvalue weighted by Gasteiger charge is 2.17. The summed E-state index contributed by atoms with van der Waals surface area (Å²) < 4.78 is 6.51. The molecule has 0 unspecified atom stereocenters. The summed E-state index contributed by atoms with van der Waals surface area (Å²) in [6.07, 6.45) is 2.23. The van der Waals surface area contributed by atoms with Crippen LogP contribution in [0.25, 0.3) is 16.8 Å². The highest BCUT2D eigenvalue weighted by Crippen LogP contribution is 2.28. The molecule has 0 saturated carbocycles. The summed E-state index contributed by atoms with van der Waals surface area (Å²) in [5, 5.41) is 4.74. The first-order chi connectivity index (χ1) is 14.1. The summed E-state index contributed by atoms with van der Waals surface area (Å²) in [5.74, 6) is -0.487. The van der Waals surface area contributed by atoms with Crippen molar-refractivity contribution in [2.75, 3.05) is 7.11 Å². The summed E-state index contributed by atoms with van der Waals surface area (Å²) in [6.45, 7) is 1.53. The minimum Gasteiger partial charge on any atom is -0.464 e. The molecule has 0 amide bonds. The summed E-state index contributed by atoms with van der Waals surface area (Å²) >= 11 is 0. The maximum atomic E-state index is 11.8. The number of carbonyl (C=O) groups excluding carboxylic acids is 2. The molecule has 6 heteroatoms. The first-order valence-electron chi connectivity index (χ1n) is 9.18. The first-order valence-corrected chi connectivity index (χ1v) is 9.18. The molecule has 0 aliphatic rings. The van der Waals surface area contributed by atoms with Crippen molar-refractivity contribution in [1.29, 1.82) is 0 Å². The summed E-state index contributed by atoms with van der Waals surface area (Å²) in [5.41, 5.74) is 5.24. The third-order valence-electron chi connectivity index (χ3n) is 4.74. The molecule has 0 aliphatic carbocycles. The Balaban J connectivity index is 1.86. The fourth-order valence-corrected chi connectivity index (χ4v) is 3.29. The van der Waals surface area contributed by atoms with Gasteiger partial charge in [0.2, 0.25) is 0 Å². The average molecular weight is 385 g/mol. The zero-order valence-electron chi connectivity index (χ0n) is 16.1. The quantitative estimate of drug-likeness (QED) is 0.384. The van der Waals surface area contributed by atoms with Crippen molar-refractivity contribution in [3.8, 4) is 11.3 Å². The van der Waals surface area contributed by atoms with E-state index in [1.54, 1.807) is 28.9 Å². The molecule has 0 atom stereocenters. The number of aromatic nitrogens is 3. The zero-order chi connectivity index (χ0) is 20.4. The van der Waals surface area contributed by atoms with E-state index in [0.29, 0.717) is 12.0 Å². The molecule has 0 spiro atoms. The number of carbonyl (C=O) groups is 2. The van der Waals surface area contributed by atoms with E-state index in [0.717, 1.165) is 28.0 Å². The van der Waals surface area contributed by atoms with Crippen molar-refractivity contribution in [2.45, 2.75) is 13.3 Å². The van der Waals surface area contributed by atoms with Gasteiger partial charge in [-0.2, -0.15) is 5.10 Å². The number of ether oxygens (including phenoxy) is 1. The van der Waals surface area contributed by atoms with E-state index < -0.39 is 5.97 Å². The number of pyridine rings is 2. The topological polar surface area (TPSA) is 73.6 Å². The minimum atomic E-state index is -0.471.